The Kier molecular flexibility index (Phi) is 2.67. The topological polar surface area (TPSA) is 79.5 Å². The van der Waals surface area contributed by atoms with E-state index in [-0.39, 0.29) is 11.8 Å². The zero-order valence-electron chi connectivity index (χ0n) is 9.99. The van der Waals surface area contributed by atoms with E-state index in [1.165, 1.54) is 0 Å². The Bertz CT molecular complexity index is 560. The fourth-order valence-electron chi connectivity index (χ4n) is 2.75. The van der Waals surface area contributed by atoms with Gasteiger partial charge >= 0.3 is 0 Å². The van der Waals surface area contributed by atoms with Crippen LogP contribution in [0.3, 0.4) is 0 Å². The molecule has 0 saturated carbocycles. The molecular weight excluding hydrogens is 252 g/mol. The Morgan fingerprint density at radius 2 is 2.22 bits per heavy atom. The van der Waals surface area contributed by atoms with Crippen LogP contribution in [0.1, 0.15) is 6.42 Å². The van der Waals surface area contributed by atoms with E-state index in [1.807, 2.05) is 6.07 Å². The summed E-state index contributed by atoms with van der Waals surface area (Å²) in [6.07, 6.45) is 4.06. The molecule has 1 aromatic rings. The number of rotatable bonds is 1. The minimum Gasteiger partial charge on any atom is -0.396 e. The summed E-state index contributed by atoms with van der Waals surface area (Å²) in [5, 5.41) is 0. The van der Waals surface area contributed by atoms with E-state index in [2.05, 4.69) is 9.88 Å². The number of nitrogen functional groups attached to an aromatic ring is 1. The van der Waals surface area contributed by atoms with Crippen molar-refractivity contribution < 1.29 is 8.42 Å². The van der Waals surface area contributed by atoms with Crippen LogP contribution in [0.15, 0.2) is 18.5 Å². The third-order valence-electron chi connectivity index (χ3n) is 3.66. The summed E-state index contributed by atoms with van der Waals surface area (Å²) < 4.78 is 25.2. The maximum atomic E-state index is 11.8. The van der Waals surface area contributed by atoms with Crippen molar-refractivity contribution in [2.75, 3.05) is 36.0 Å². The summed E-state index contributed by atoms with van der Waals surface area (Å²) in [6, 6.07) is 1.98. The second kappa shape index (κ2) is 4.10. The Morgan fingerprint density at radius 3 is 3.00 bits per heavy atom. The Labute approximate surface area is 106 Å². The molecule has 2 fully saturated rings. The van der Waals surface area contributed by atoms with Gasteiger partial charge in [0.15, 0.2) is 0 Å². The van der Waals surface area contributed by atoms with Crippen molar-refractivity contribution in [3.63, 3.8) is 0 Å². The second-order valence-corrected chi connectivity index (χ2v) is 6.79. The normalized spacial score (nSPS) is 27.1. The van der Waals surface area contributed by atoms with Gasteiger partial charge in [0.25, 0.3) is 0 Å². The molecule has 0 spiro atoms. The van der Waals surface area contributed by atoms with Gasteiger partial charge in [0.2, 0.25) is 10.0 Å². The summed E-state index contributed by atoms with van der Waals surface area (Å²) in [5.41, 5.74) is 7.50. The second-order valence-electron chi connectivity index (χ2n) is 4.75. The fourth-order valence-corrected chi connectivity index (χ4v) is 4.54. The Balaban J connectivity index is 1.82. The van der Waals surface area contributed by atoms with E-state index >= 15 is 0 Å². The maximum Gasteiger partial charge on any atom is 0.214 e. The minimum atomic E-state index is -3.00. The molecule has 0 radical (unpaired) electrons. The van der Waals surface area contributed by atoms with Gasteiger partial charge in [-0.05, 0) is 12.5 Å². The molecular formula is C11H16N4O2S. The average molecular weight is 268 g/mol. The zero-order chi connectivity index (χ0) is 12.8. The van der Waals surface area contributed by atoms with Crippen LogP contribution in [-0.4, -0.2) is 49.1 Å². The molecule has 1 aromatic heterocycles. The molecule has 2 aliphatic heterocycles. The first-order chi connectivity index (χ1) is 8.58. The molecule has 2 N–H and O–H groups in total. The predicted molar refractivity (Wildman–Crippen MR) is 69.8 cm³/mol. The van der Waals surface area contributed by atoms with E-state index in [9.17, 15) is 8.42 Å². The number of hydrogen-bond donors (Lipinski definition) is 1. The summed E-state index contributed by atoms with van der Waals surface area (Å²) in [6.45, 7) is 1.95. The van der Waals surface area contributed by atoms with Crippen molar-refractivity contribution >= 4 is 21.4 Å². The number of aromatic nitrogens is 1. The molecule has 3 heterocycles. The van der Waals surface area contributed by atoms with Gasteiger partial charge in [-0.1, -0.05) is 0 Å². The Hall–Kier alpha value is -1.34. The standard InChI is InChI=1S/C11H16N4O2S/c12-10-7-13-3-1-11(10)14-4-5-15-9(8-14)2-6-18(15,16)17/h1,3,7,9H,2,4-6,8,12H2. The number of piperazine rings is 1. The van der Waals surface area contributed by atoms with Crippen LogP contribution in [0, 0.1) is 0 Å². The smallest absolute Gasteiger partial charge is 0.214 e. The number of nitrogens with zero attached hydrogens (tertiary/aromatic N) is 3. The van der Waals surface area contributed by atoms with E-state index in [4.69, 9.17) is 5.73 Å². The number of anilines is 2. The molecule has 1 unspecified atom stereocenters. The molecule has 2 saturated heterocycles. The van der Waals surface area contributed by atoms with Gasteiger partial charge < -0.3 is 10.6 Å². The highest BCUT2D eigenvalue weighted by Crippen LogP contribution is 2.29. The molecule has 0 bridgehead atoms. The van der Waals surface area contributed by atoms with Crippen LogP contribution in [0.4, 0.5) is 11.4 Å². The SMILES string of the molecule is Nc1cnccc1N1CCN2C(CCS2(=O)=O)C1. The third kappa shape index (κ3) is 1.83. The van der Waals surface area contributed by atoms with Crippen LogP contribution in [0.5, 0.6) is 0 Å². The van der Waals surface area contributed by atoms with Crippen LogP contribution in [0.25, 0.3) is 0 Å². The highest BCUT2D eigenvalue weighted by Gasteiger charge is 2.40. The molecule has 0 aliphatic carbocycles. The van der Waals surface area contributed by atoms with Crippen LogP contribution in [-0.2, 0) is 10.0 Å². The fraction of sp³-hybridized carbons (Fsp3) is 0.545. The van der Waals surface area contributed by atoms with E-state index in [0.717, 1.165) is 5.69 Å². The molecule has 3 rings (SSSR count). The molecule has 0 amide bonds. The molecule has 1 atom stereocenters. The quantitative estimate of drug-likeness (QED) is 0.768. The van der Waals surface area contributed by atoms with Gasteiger partial charge in [-0.15, -0.1) is 0 Å². The first-order valence-corrected chi connectivity index (χ1v) is 7.63. The van der Waals surface area contributed by atoms with E-state index in [0.29, 0.717) is 31.7 Å². The van der Waals surface area contributed by atoms with Crippen molar-refractivity contribution in [3.05, 3.63) is 18.5 Å². The van der Waals surface area contributed by atoms with Crippen molar-refractivity contribution in [2.24, 2.45) is 0 Å². The minimum absolute atomic E-state index is 0.0938. The lowest BCUT2D eigenvalue weighted by molar-refractivity contribution is 0.311. The van der Waals surface area contributed by atoms with Gasteiger partial charge in [-0.25, -0.2) is 8.42 Å². The van der Waals surface area contributed by atoms with Gasteiger partial charge in [-0.3, -0.25) is 4.98 Å². The van der Waals surface area contributed by atoms with Crippen molar-refractivity contribution in [1.82, 2.24) is 9.29 Å². The molecule has 7 heteroatoms. The number of pyridine rings is 1. The maximum absolute atomic E-state index is 11.8. The Morgan fingerprint density at radius 1 is 1.39 bits per heavy atom. The highest BCUT2D eigenvalue weighted by atomic mass is 32.2. The van der Waals surface area contributed by atoms with Gasteiger partial charge in [0.05, 0.1) is 23.3 Å². The van der Waals surface area contributed by atoms with E-state index < -0.39 is 10.0 Å². The number of hydrogen-bond acceptors (Lipinski definition) is 5. The first kappa shape index (κ1) is 11.7. The molecule has 18 heavy (non-hydrogen) atoms. The van der Waals surface area contributed by atoms with Gasteiger partial charge in [0, 0.05) is 31.9 Å². The molecule has 6 nitrogen and oxygen atoms in total. The lowest BCUT2D eigenvalue weighted by Gasteiger charge is -2.37. The zero-order valence-corrected chi connectivity index (χ0v) is 10.8. The lowest BCUT2D eigenvalue weighted by atomic mass is 10.1. The summed E-state index contributed by atoms with van der Waals surface area (Å²) >= 11 is 0. The number of nitrogens with two attached hydrogens (primary N) is 1. The molecule has 2 aliphatic rings. The summed E-state index contributed by atoms with van der Waals surface area (Å²) in [5.74, 6) is 0.275. The van der Waals surface area contributed by atoms with E-state index in [1.54, 1.807) is 16.7 Å². The van der Waals surface area contributed by atoms with Crippen molar-refractivity contribution in [1.29, 1.82) is 0 Å². The predicted octanol–water partition coefficient (Wildman–Crippen LogP) is -0.112. The number of fused-ring (bicyclic) bond motifs is 1. The lowest BCUT2D eigenvalue weighted by Crippen LogP contribution is -2.51. The summed E-state index contributed by atoms with van der Waals surface area (Å²) in [4.78, 5) is 6.12. The number of sulfonamides is 1. The largest absolute Gasteiger partial charge is 0.396 e. The van der Waals surface area contributed by atoms with Crippen LogP contribution < -0.4 is 10.6 Å². The van der Waals surface area contributed by atoms with Gasteiger partial charge in [0.1, 0.15) is 0 Å². The monoisotopic (exact) mass is 268 g/mol. The van der Waals surface area contributed by atoms with Crippen molar-refractivity contribution in [2.45, 2.75) is 12.5 Å². The average Bonchev–Trinajstić information content (AvgIpc) is 2.66. The van der Waals surface area contributed by atoms with Crippen LogP contribution in [0.2, 0.25) is 0 Å². The van der Waals surface area contributed by atoms with Crippen molar-refractivity contribution in [3.8, 4) is 0 Å². The highest BCUT2D eigenvalue weighted by molar-refractivity contribution is 7.89. The third-order valence-corrected chi connectivity index (χ3v) is 5.61. The molecule has 0 aromatic carbocycles. The summed E-state index contributed by atoms with van der Waals surface area (Å²) in [7, 11) is -3.00. The van der Waals surface area contributed by atoms with Gasteiger partial charge in [-0.2, -0.15) is 4.31 Å². The first-order valence-electron chi connectivity index (χ1n) is 6.02. The molecule has 98 valence electrons. The van der Waals surface area contributed by atoms with Crippen LogP contribution >= 0.6 is 0 Å².